The van der Waals surface area contributed by atoms with Gasteiger partial charge in [-0.05, 0) is 24.1 Å². The first-order valence-corrected chi connectivity index (χ1v) is 5.70. The summed E-state index contributed by atoms with van der Waals surface area (Å²) in [6.45, 7) is 0.148. The lowest BCUT2D eigenvalue weighted by Gasteiger charge is -2.08. The topological polar surface area (TPSA) is 113 Å². The number of carboxylic acid groups (broad SMARTS) is 2. The Balaban J connectivity index is 0.000000441. The number of methoxy groups -OCH3 is 2. The number of aliphatic carboxylic acids is 2. The van der Waals surface area contributed by atoms with E-state index in [2.05, 4.69) is 0 Å². The summed E-state index contributed by atoms with van der Waals surface area (Å²) in [5, 5.41) is 24.1. The number of benzene rings is 1. The fraction of sp³-hybridized carbons (Fsp3) is 0.385. The largest absolute Gasteiger partial charge is 0.493 e. The highest BCUT2D eigenvalue weighted by Gasteiger charge is 2.03. The maximum absolute atomic E-state index is 9.43. The molecule has 0 aliphatic rings. The number of hydrogen-bond donors (Lipinski definition) is 3. The van der Waals surface area contributed by atoms with Crippen molar-refractivity contribution in [2.24, 2.45) is 0 Å². The number of rotatable bonds is 6. The standard InChI is InChI=1S/C10H14O3.C3H4O4/c1-12-9-4-3-8(5-6-11)7-10(9)13-2;4-2(5)1-3(6)7/h3-4,7,11H,5-6H2,1-2H3;1H2,(H,4,5)(H,6,7). The van der Waals surface area contributed by atoms with Gasteiger partial charge in [-0.25, -0.2) is 0 Å². The molecule has 0 atom stereocenters. The van der Waals surface area contributed by atoms with Crippen LogP contribution in [0.5, 0.6) is 11.5 Å². The summed E-state index contributed by atoms with van der Waals surface area (Å²) in [7, 11) is 3.20. The highest BCUT2D eigenvalue weighted by molar-refractivity contribution is 5.88. The Morgan fingerprint density at radius 1 is 1.05 bits per heavy atom. The molecule has 0 bridgehead atoms. The first-order valence-electron chi connectivity index (χ1n) is 5.70. The van der Waals surface area contributed by atoms with Crippen molar-refractivity contribution in [2.75, 3.05) is 20.8 Å². The smallest absolute Gasteiger partial charge is 0.314 e. The van der Waals surface area contributed by atoms with Crippen molar-refractivity contribution in [3.05, 3.63) is 23.8 Å². The molecule has 112 valence electrons. The molecule has 7 heteroatoms. The van der Waals surface area contributed by atoms with E-state index in [0.717, 1.165) is 5.56 Å². The van der Waals surface area contributed by atoms with Gasteiger partial charge in [0.2, 0.25) is 0 Å². The SMILES string of the molecule is COc1ccc(CCO)cc1OC.O=C(O)CC(=O)O. The van der Waals surface area contributed by atoms with E-state index in [1.807, 2.05) is 18.2 Å². The van der Waals surface area contributed by atoms with E-state index in [1.165, 1.54) is 0 Å². The van der Waals surface area contributed by atoms with Gasteiger partial charge in [-0.3, -0.25) is 9.59 Å². The number of aliphatic hydroxyl groups excluding tert-OH is 1. The van der Waals surface area contributed by atoms with E-state index >= 15 is 0 Å². The van der Waals surface area contributed by atoms with Crippen molar-refractivity contribution in [1.82, 2.24) is 0 Å². The van der Waals surface area contributed by atoms with Gasteiger partial charge in [0.25, 0.3) is 0 Å². The third-order valence-electron chi connectivity index (χ3n) is 2.15. The molecule has 3 N–H and O–H groups in total. The normalized spacial score (nSPS) is 9.15. The molecule has 0 spiro atoms. The number of carbonyl (C=O) groups is 2. The quantitative estimate of drug-likeness (QED) is 0.662. The van der Waals surface area contributed by atoms with Crippen molar-refractivity contribution >= 4 is 11.9 Å². The Kier molecular flexibility index (Phi) is 8.53. The molecule has 0 amide bonds. The summed E-state index contributed by atoms with van der Waals surface area (Å²) in [6.07, 6.45) is -0.166. The summed E-state index contributed by atoms with van der Waals surface area (Å²) in [5.74, 6) is -1.21. The molecule has 20 heavy (non-hydrogen) atoms. The zero-order valence-corrected chi connectivity index (χ0v) is 11.3. The second-order valence-electron chi connectivity index (χ2n) is 3.63. The van der Waals surface area contributed by atoms with Crippen LogP contribution in [0.1, 0.15) is 12.0 Å². The fourth-order valence-electron chi connectivity index (χ4n) is 1.29. The fourth-order valence-corrected chi connectivity index (χ4v) is 1.29. The van der Waals surface area contributed by atoms with Crippen LogP contribution >= 0.6 is 0 Å². The van der Waals surface area contributed by atoms with Gasteiger partial charge in [0.15, 0.2) is 11.5 Å². The van der Waals surface area contributed by atoms with Crippen LogP contribution in [0.2, 0.25) is 0 Å². The molecule has 1 aromatic rings. The number of carboxylic acids is 2. The van der Waals surface area contributed by atoms with Crippen LogP contribution < -0.4 is 9.47 Å². The van der Waals surface area contributed by atoms with Gasteiger partial charge in [0.1, 0.15) is 6.42 Å². The van der Waals surface area contributed by atoms with E-state index in [4.69, 9.17) is 24.8 Å². The van der Waals surface area contributed by atoms with Crippen LogP contribution in [-0.2, 0) is 16.0 Å². The van der Waals surface area contributed by atoms with E-state index in [0.29, 0.717) is 17.9 Å². The summed E-state index contributed by atoms with van der Waals surface area (Å²) < 4.78 is 10.2. The Labute approximate surface area is 116 Å². The molecular weight excluding hydrogens is 268 g/mol. The van der Waals surface area contributed by atoms with Crippen LogP contribution in [0.3, 0.4) is 0 Å². The highest BCUT2D eigenvalue weighted by atomic mass is 16.5. The van der Waals surface area contributed by atoms with Gasteiger partial charge in [-0.15, -0.1) is 0 Å². The average Bonchev–Trinajstić information content (AvgIpc) is 2.38. The number of hydrogen-bond acceptors (Lipinski definition) is 5. The van der Waals surface area contributed by atoms with Crippen molar-refractivity contribution in [3.63, 3.8) is 0 Å². The predicted molar refractivity (Wildman–Crippen MR) is 70.2 cm³/mol. The minimum absolute atomic E-state index is 0.148. The first kappa shape index (κ1) is 17.7. The average molecular weight is 286 g/mol. The Bertz CT molecular complexity index is 430. The third-order valence-corrected chi connectivity index (χ3v) is 2.15. The Morgan fingerprint density at radius 2 is 1.60 bits per heavy atom. The number of ether oxygens (including phenoxy) is 2. The van der Waals surface area contributed by atoms with Gasteiger partial charge in [-0.2, -0.15) is 0 Å². The van der Waals surface area contributed by atoms with E-state index in [-0.39, 0.29) is 6.61 Å². The summed E-state index contributed by atoms with van der Waals surface area (Å²) in [4.78, 5) is 18.9. The minimum atomic E-state index is -1.31. The molecular formula is C13H18O7. The van der Waals surface area contributed by atoms with E-state index in [1.54, 1.807) is 14.2 Å². The van der Waals surface area contributed by atoms with Gasteiger partial charge in [0, 0.05) is 6.61 Å². The molecule has 7 nitrogen and oxygen atoms in total. The van der Waals surface area contributed by atoms with Crippen LogP contribution in [0, 0.1) is 0 Å². The maximum atomic E-state index is 9.43. The molecule has 0 aromatic heterocycles. The molecule has 0 saturated heterocycles. The molecule has 0 unspecified atom stereocenters. The molecule has 1 rings (SSSR count). The first-order chi connectivity index (χ1) is 9.44. The monoisotopic (exact) mass is 286 g/mol. The summed E-state index contributed by atoms with van der Waals surface area (Å²) >= 11 is 0. The van der Waals surface area contributed by atoms with Crippen molar-refractivity contribution in [3.8, 4) is 11.5 Å². The zero-order valence-electron chi connectivity index (χ0n) is 11.3. The van der Waals surface area contributed by atoms with Gasteiger partial charge in [0.05, 0.1) is 14.2 Å². The van der Waals surface area contributed by atoms with Gasteiger partial charge >= 0.3 is 11.9 Å². The van der Waals surface area contributed by atoms with Gasteiger partial charge < -0.3 is 24.8 Å². The molecule has 0 aliphatic heterocycles. The second-order valence-corrected chi connectivity index (χ2v) is 3.63. The van der Waals surface area contributed by atoms with Crippen molar-refractivity contribution in [1.29, 1.82) is 0 Å². The van der Waals surface area contributed by atoms with Crippen LogP contribution in [-0.4, -0.2) is 48.1 Å². The highest BCUT2D eigenvalue weighted by Crippen LogP contribution is 2.27. The molecule has 0 aliphatic carbocycles. The molecule has 0 saturated carbocycles. The van der Waals surface area contributed by atoms with Crippen LogP contribution in [0.25, 0.3) is 0 Å². The van der Waals surface area contributed by atoms with Crippen LogP contribution in [0.4, 0.5) is 0 Å². The number of aliphatic hydroxyl groups is 1. The molecule has 0 radical (unpaired) electrons. The lowest BCUT2D eigenvalue weighted by molar-refractivity contribution is -0.147. The predicted octanol–water partition coefficient (Wildman–Crippen LogP) is 0.784. The van der Waals surface area contributed by atoms with Crippen molar-refractivity contribution in [2.45, 2.75) is 12.8 Å². The maximum Gasteiger partial charge on any atom is 0.314 e. The zero-order chi connectivity index (χ0) is 15.5. The van der Waals surface area contributed by atoms with Crippen molar-refractivity contribution < 1.29 is 34.4 Å². The molecule has 1 aromatic carbocycles. The molecule has 0 heterocycles. The summed E-state index contributed by atoms with van der Waals surface area (Å²) in [6, 6.07) is 5.62. The third kappa shape index (κ3) is 7.22. The summed E-state index contributed by atoms with van der Waals surface area (Å²) in [5.41, 5.74) is 1.04. The Morgan fingerprint density at radius 3 is 1.95 bits per heavy atom. The second kappa shape index (κ2) is 9.62. The van der Waals surface area contributed by atoms with Crippen LogP contribution in [0.15, 0.2) is 18.2 Å². The molecule has 0 fully saturated rings. The van der Waals surface area contributed by atoms with E-state index < -0.39 is 18.4 Å². The minimum Gasteiger partial charge on any atom is -0.493 e. The lowest BCUT2D eigenvalue weighted by atomic mass is 10.1. The Hall–Kier alpha value is -2.28. The van der Waals surface area contributed by atoms with Gasteiger partial charge in [-0.1, -0.05) is 6.07 Å². The lowest BCUT2D eigenvalue weighted by Crippen LogP contribution is -2.03. The van der Waals surface area contributed by atoms with E-state index in [9.17, 15) is 9.59 Å².